The second-order valence-corrected chi connectivity index (χ2v) is 7.98. The first-order chi connectivity index (χ1) is 13.6. The van der Waals surface area contributed by atoms with E-state index in [2.05, 4.69) is 21.4 Å². The molecule has 1 atom stereocenters. The van der Waals surface area contributed by atoms with Gasteiger partial charge in [-0.3, -0.25) is 4.79 Å². The fourth-order valence-corrected chi connectivity index (χ4v) is 4.54. The maximum absolute atomic E-state index is 13.5. The highest BCUT2D eigenvalue weighted by molar-refractivity contribution is 5.91. The van der Waals surface area contributed by atoms with Gasteiger partial charge in [0.15, 0.2) is 0 Å². The summed E-state index contributed by atoms with van der Waals surface area (Å²) in [5.74, 6) is 2.04. The quantitative estimate of drug-likeness (QED) is 0.768. The van der Waals surface area contributed by atoms with Gasteiger partial charge in [-0.1, -0.05) is 12.1 Å². The molecule has 150 valence electrons. The van der Waals surface area contributed by atoms with Crippen LogP contribution >= 0.6 is 0 Å². The van der Waals surface area contributed by atoms with E-state index >= 15 is 0 Å². The number of carbonyl (C=O) groups excluding carboxylic acids is 1. The molecule has 1 aliphatic carbocycles. The number of nitrogens with zero attached hydrogens (tertiary/aromatic N) is 3. The summed E-state index contributed by atoms with van der Waals surface area (Å²) < 4.78 is 12.8. The lowest BCUT2D eigenvalue weighted by molar-refractivity contribution is -0.135. The van der Waals surface area contributed by atoms with Crippen molar-refractivity contribution in [2.45, 2.75) is 50.7 Å². The Morgan fingerprint density at radius 3 is 2.64 bits per heavy atom. The number of likely N-dealkylation sites (tertiary alicyclic amines) is 1. The van der Waals surface area contributed by atoms with Crippen LogP contribution in [0.1, 0.15) is 48.8 Å². The van der Waals surface area contributed by atoms with Gasteiger partial charge in [0.25, 0.3) is 0 Å². The largest absolute Gasteiger partial charge is 0.497 e. The molecular formula is C22H29N3O3. The second kappa shape index (κ2) is 7.59. The summed E-state index contributed by atoms with van der Waals surface area (Å²) in [7, 11) is 3.35. The van der Waals surface area contributed by atoms with Crippen molar-refractivity contribution in [2.24, 2.45) is 0 Å². The van der Waals surface area contributed by atoms with Gasteiger partial charge in [-0.2, -0.15) is 0 Å². The lowest BCUT2D eigenvalue weighted by atomic mass is 9.92. The first kappa shape index (κ1) is 19.0. The van der Waals surface area contributed by atoms with Crippen LogP contribution in [-0.4, -0.2) is 47.7 Å². The molecule has 28 heavy (non-hydrogen) atoms. The molecule has 1 amide bonds. The lowest BCUT2D eigenvalue weighted by Crippen LogP contribution is -2.45. The van der Waals surface area contributed by atoms with Crippen LogP contribution in [-0.2, 0) is 21.6 Å². The van der Waals surface area contributed by atoms with Gasteiger partial charge in [-0.25, -0.2) is 4.98 Å². The zero-order valence-corrected chi connectivity index (χ0v) is 17.0. The number of rotatable bonds is 6. The summed E-state index contributed by atoms with van der Waals surface area (Å²) in [5.41, 5.74) is 1.90. The zero-order chi connectivity index (χ0) is 19.7. The van der Waals surface area contributed by atoms with E-state index in [9.17, 15) is 4.79 Å². The molecular weight excluding hydrogens is 354 g/mol. The van der Waals surface area contributed by atoms with Gasteiger partial charge >= 0.3 is 0 Å². The van der Waals surface area contributed by atoms with Crippen molar-refractivity contribution >= 4 is 5.91 Å². The molecule has 1 saturated carbocycles. The standard InChI is InChI=1S/C22H29N3O3/c1-16-13-23-20(15-27-2)25(16)18-5-4-12-24(14-18)21(26)22(10-11-22)17-6-8-19(28-3)9-7-17/h6-9,13,18H,4-5,10-12,14-15H2,1-3H3. The van der Waals surface area contributed by atoms with Crippen LogP contribution in [0, 0.1) is 6.92 Å². The minimum atomic E-state index is -0.340. The monoisotopic (exact) mass is 383 g/mol. The first-order valence-corrected chi connectivity index (χ1v) is 10.0. The van der Waals surface area contributed by atoms with E-state index in [1.807, 2.05) is 30.5 Å². The molecule has 6 heteroatoms. The molecule has 0 N–H and O–H groups in total. The summed E-state index contributed by atoms with van der Waals surface area (Å²) >= 11 is 0. The molecule has 0 radical (unpaired) electrons. The van der Waals surface area contributed by atoms with E-state index in [1.54, 1.807) is 14.2 Å². The highest BCUT2D eigenvalue weighted by Gasteiger charge is 2.53. The number of methoxy groups -OCH3 is 2. The topological polar surface area (TPSA) is 56.6 Å². The van der Waals surface area contributed by atoms with E-state index in [4.69, 9.17) is 9.47 Å². The highest BCUT2D eigenvalue weighted by Crippen LogP contribution is 2.50. The molecule has 2 fully saturated rings. The summed E-state index contributed by atoms with van der Waals surface area (Å²) in [4.78, 5) is 20.1. The van der Waals surface area contributed by atoms with Crippen molar-refractivity contribution in [3.8, 4) is 5.75 Å². The lowest BCUT2D eigenvalue weighted by Gasteiger charge is -2.37. The fraction of sp³-hybridized carbons (Fsp3) is 0.545. The van der Waals surface area contributed by atoms with Crippen LogP contribution in [0.3, 0.4) is 0 Å². The fourth-order valence-electron chi connectivity index (χ4n) is 4.54. The average molecular weight is 383 g/mol. The Kier molecular flexibility index (Phi) is 5.15. The van der Waals surface area contributed by atoms with Crippen molar-refractivity contribution in [1.82, 2.24) is 14.5 Å². The number of aryl methyl sites for hydroxylation is 1. The van der Waals surface area contributed by atoms with Crippen molar-refractivity contribution in [2.75, 3.05) is 27.3 Å². The maximum Gasteiger partial charge on any atom is 0.233 e. The van der Waals surface area contributed by atoms with Gasteiger partial charge < -0.3 is 18.9 Å². The molecule has 1 aliphatic heterocycles. The summed E-state index contributed by atoms with van der Waals surface area (Å²) in [6, 6.07) is 8.25. The molecule has 4 rings (SSSR count). The smallest absolute Gasteiger partial charge is 0.233 e. The Morgan fingerprint density at radius 1 is 1.25 bits per heavy atom. The van der Waals surface area contributed by atoms with E-state index in [-0.39, 0.29) is 17.4 Å². The van der Waals surface area contributed by atoms with Gasteiger partial charge in [0.1, 0.15) is 18.2 Å². The number of piperidine rings is 1. The minimum Gasteiger partial charge on any atom is -0.497 e. The maximum atomic E-state index is 13.5. The molecule has 6 nitrogen and oxygen atoms in total. The zero-order valence-electron chi connectivity index (χ0n) is 17.0. The number of hydrogen-bond donors (Lipinski definition) is 0. The van der Waals surface area contributed by atoms with Crippen molar-refractivity contribution in [3.63, 3.8) is 0 Å². The van der Waals surface area contributed by atoms with Gasteiger partial charge in [0.2, 0.25) is 5.91 Å². The molecule has 1 aromatic heterocycles. The van der Waals surface area contributed by atoms with Gasteiger partial charge in [-0.05, 0) is 50.3 Å². The molecule has 0 bridgehead atoms. The SMILES string of the molecule is COCc1ncc(C)n1C1CCCN(C(=O)C2(c3ccc(OC)cc3)CC2)C1. The Bertz CT molecular complexity index is 839. The molecule has 2 aliphatic rings. The predicted octanol–water partition coefficient (Wildman–Crippen LogP) is 3.24. The van der Waals surface area contributed by atoms with E-state index in [1.165, 1.54) is 0 Å². The summed E-state index contributed by atoms with van der Waals surface area (Å²) in [6.45, 7) is 4.14. The number of carbonyl (C=O) groups is 1. The van der Waals surface area contributed by atoms with E-state index in [0.717, 1.165) is 61.6 Å². The summed E-state index contributed by atoms with van der Waals surface area (Å²) in [5, 5.41) is 0. The molecule has 1 unspecified atom stereocenters. The van der Waals surface area contributed by atoms with Crippen LogP contribution in [0.2, 0.25) is 0 Å². The highest BCUT2D eigenvalue weighted by atomic mass is 16.5. The molecule has 2 aromatic rings. The normalized spacial score (nSPS) is 20.8. The Labute approximate surface area is 166 Å². The number of hydrogen-bond acceptors (Lipinski definition) is 4. The number of aromatic nitrogens is 2. The van der Waals surface area contributed by atoms with Crippen LogP contribution in [0.15, 0.2) is 30.5 Å². The number of benzene rings is 1. The Balaban J connectivity index is 1.53. The second-order valence-electron chi connectivity index (χ2n) is 7.98. The number of amides is 1. The van der Waals surface area contributed by atoms with Gasteiger partial charge in [-0.15, -0.1) is 0 Å². The molecule has 1 saturated heterocycles. The van der Waals surface area contributed by atoms with E-state index in [0.29, 0.717) is 6.61 Å². The third-order valence-electron chi connectivity index (χ3n) is 6.18. The van der Waals surface area contributed by atoms with Gasteiger partial charge in [0, 0.05) is 32.1 Å². The van der Waals surface area contributed by atoms with E-state index < -0.39 is 0 Å². The van der Waals surface area contributed by atoms with Crippen LogP contribution in [0.4, 0.5) is 0 Å². The third-order valence-corrected chi connectivity index (χ3v) is 6.18. The van der Waals surface area contributed by atoms with Crippen molar-refractivity contribution < 1.29 is 14.3 Å². The van der Waals surface area contributed by atoms with Crippen LogP contribution < -0.4 is 4.74 Å². The summed E-state index contributed by atoms with van der Waals surface area (Å²) in [6.07, 6.45) is 5.83. The molecule has 1 aromatic carbocycles. The predicted molar refractivity (Wildman–Crippen MR) is 106 cm³/mol. The number of imidazole rings is 1. The first-order valence-electron chi connectivity index (χ1n) is 10.0. The average Bonchev–Trinajstić information content (AvgIpc) is 3.46. The molecule has 0 spiro atoms. The van der Waals surface area contributed by atoms with Crippen LogP contribution in [0.5, 0.6) is 5.75 Å². The van der Waals surface area contributed by atoms with Crippen molar-refractivity contribution in [3.05, 3.63) is 47.5 Å². The Morgan fingerprint density at radius 2 is 2.00 bits per heavy atom. The minimum absolute atomic E-state index is 0.261. The third kappa shape index (κ3) is 3.30. The van der Waals surface area contributed by atoms with Crippen LogP contribution in [0.25, 0.3) is 0 Å². The van der Waals surface area contributed by atoms with Crippen molar-refractivity contribution in [1.29, 1.82) is 0 Å². The number of ether oxygens (including phenoxy) is 2. The molecule has 2 heterocycles. The van der Waals surface area contributed by atoms with Gasteiger partial charge in [0.05, 0.1) is 18.6 Å². The Hall–Kier alpha value is -2.34.